The Morgan fingerprint density at radius 3 is 2.41 bits per heavy atom. The maximum absolute atomic E-state index is 6.12. The third-order valence-electron chi connectivity index (χ3n) is 4.40. The van der Waals surface area contributed by atoms with E-state index in [2.05, 4.69) is 25.7 Å². The smallest absolute Gasteiger partial charge is 0.0757 e. The van der Waals surface area contributed by atoms with Crippen molar-refractivity contribution in [2.45, 2.75) is 70.1 Å². The van der Waals surface area contributed by atoms with Gasteiger partial charge in [-0.2, -0.15) is 0 Å². The summed E-state index contributed by atoms with van der Waals surface area (Å²) >= 11 is 0. The summed E-state index contributed by atoms with van der Waals surface area (Å²) in [4.78, 5) is 2.63. The molecule has 0 amide bonds. The summed E-state index contributed by atoms with van der Waals surface area (Å²) in [5.74, 6) is 0. The molecule has 0 spiro atoms. The lowest BCUT2D eigenvalue weighted by atomic mass is 9.79. The average molecular weight is 240 g/mol. The molecular weight excluding hydrogens is 212 g/mol. The van der Waals surface area contributed by atoms with Crippen LogP contribution in [0.15, 0.2) is 0 Å². The maximum atomic E-state index is 6.12. The highest BCUT2D eigenvalue weighted by molar-refractivity contribution is 4.98. The molecule has 0 radical (unpaired) electrons. The van der Waals surface area contributed by atoms with E-state index in [-0.39, 0.29) is 11.1 Å². The second-order valence-electron chi connectivity index (χ2n) is 6.56. The van der Waals surface area contributed by atoms with Crippen LogP contribution in [0.2, 0.25) is 0 Å². The normalized spacial score (nSPS) is 33.5. The maximum Gasteiger partial charge on any atom is 0.0757 e. The van der Waals surface area contributed by atoms with Crippen LogP contribution in [0, 0.1) is 0 Å². The first-order valence-electron chi connectivity index (χ1n) is 7.10. The molecular formula is C14H28N2O. The van der Waals surface area contributed by atoms with Gasteiger partial charge in [-0.15, -0.1) is 0 Å². The second-order valence-corrected chi connectivity index (χ2v) is 6.56. The molecule has 1 saturated carbocycles. The van der Waals surface area contributed by atoms with Crippen LogP contribution in [0.5, 0.6) is 0 Å². The Bertz CT molecular complexity index is 259. The minimum Gasteiger partial charge on any atom is -0.370 e. The highest BCUT2D eigenvalue weighted by atomic mass is 16.5. The largest absolute Gasteiger partial charge is 0.370 e. The molecule has 17 heavy (non-hydrogen) atoms. The summed E-state index contributed by atoms with van der Waals surface area (Å²) < 4.78 is 6.00. The Kier molecular flexibility index (Phi) is 3.81. The van der Waals surface area contributed by atoms with E-state index in [0.717, 1.165) is 19.6 Å². The minimum atomic E-state index is -0.0305. The fourth-order valence-corrected chi connectivity index (χ4v) is 3.67. The van der Waals surface area contributed by atoms with Gasteiger partial charge in [0.25, 0.3) is 0 Å². The molecule has 1 atom stereocenters. The molecule has 0 aromatic carbocycles. The van der Waals surface area contributed by atoms with Crippen LogP contribution in [-0.4, -0.2) is 41.8 Å². The second kappa shape index (κ2) is 4.87. The predicted molar refractivity (Wildman–Crippen MR) is 71.1 cm³/mol. The van der Waals surface area contributed by atoms with Crippen LogP contribution in [0.3, 0.4) is 0 Å². The SMILES string of the molecule is CC1CN(C2(CN)CCCCC2)CC(C)(C)O1. The predicted octanol–water partition coefficient (Wildman–Crippen LogP) is 2.15. The topological polar surface area (TPSA) is 38.5 Å². The zero-order valence-corrected chi connectivity index (χ0v) is 11.7. The third-order valence-corrected chi connectivity index (χ3v) is 4.40. The molecule has 1 aliphatic heterocycles. The first-order valence-corrected chi connectivity index (χ1v) is 7.10. The summed E-state index contributed by atoms with van der Waals surface area (Å²) in [6.45, 7) is 9.44. The van der Waals surface area contributed by atoms with Gasteiger partial charge in [0.05, 0.1) is 11.7 Å². The summed E-state index contributed by atoms with van der Waals surface area (Å²) in [6, 6.07) is 0. The molecule has 0 aromatic heterocycles. The van der Waals surface area contributed by atoms with Crippen molar-refractivity contribution >= 4 is 0 Å². The molecule has 0 aromatic rings. The van der Waals surface area contributed by atoms with Gasteiger partial charge in [0.15, 0.2) is 0 Å². The first-order chi connectivity index (χ1) is 7.97. The number of morpholine rings is 1. The van der Waals surface area contributed by atoms with Crippen molar-refractivity contribution in [3.8, 4) is 0 Å². The van der Waals surface area contributed by atoms with Gasteiger partial charge in [-0.05, 0) is 33.6 Å². The Hall–Kier alpha value is -0.120. The van der Waals surface area contributed by atoms with E-state index in [1.165, 1.54) is 32.1 Å². The van der Waals surface area contributed by atoms with Gasteiger partial charge in [0.2, 0.25) is 0 Å². The third kappa shape index (κ3) is 2.83. The van der Waals surface area contributed by atoms with Gasteiger partial charge in [0.1, 0.15) is 0 Å². The monoisotopic (exact) mass is 240 g/mol. The molecule has 2 rings (SSSR count). The first kappa shape index (κ1) is 13.3. The number of nitrogens with zero attached hydrogens (tertiary/aromatic N) is 1. The number of nitrogens with two attached hydrogens (primary N) is 1. The quantitative estimate of drug-likeness (QED) is 0.804. The van der Waals surface area contributed by atoms with E-state index in [1.54, 1.807) is 0 Å². The van der Waals surface area contributed by atoms with Gasteiger partial charge >= 0.3 is 0 Å². The molecule has 1 heterocycles. The standard InChI is InChI=1S/C14H28N2O/c1-12-9-16(11-13(2,3)17-12)14(10-15)7-5-4-6-8-14/h12H,4-11,15H2,1-3H3. The van der Waals surface area contributed by atoms with Crippen LogP contribution in [0.1, 0.15) is 52.9 Å². The Labute approximate surface area is 106 Å². The Morgan fingerprint density at radius 1 is 1.24 bits per heavy atom. The molecule has 2 fully saturated rings. The van der Waals surface area contributed by atoms with Crippen LogP contribution >= 0.6 is 0 Å². The Morgan fingerprint density at radius 2 is 1.88 bits per heavy atom. The van der Waals surface area contributed by atoms with Crippen molar-refractivity contribution in [1.29, 1.82) is 0 Å². The van der Waals surface area contributed by atoms with E-state index < -0.39 is 0 Å². The average Bonchev–Trinajstić information content (AvgIpc) is 2.27. The van der Waals surface area contributed by atoms with E-state index in [4.69, 9.17) is 10.5 Å². The van der Waals surface area contributed by atoms with E-state index in [9.17, 15) is 0 Å². The van der Waals surface area contributed by atoms with Crippen molar-refractivity contribution in [2.24, 2.45) is 5.73 Å². The molecule has 2 N–H and O–H groups in total. The molecule has 1 unspecified atom stereocenters. The summed E-state index contributed by atoms with van der Waals surface area (Å²) in [5.41, 5.74) is 6.35. The molecule has 0 bridgehead atoms. The summed E-state index contributed by atoms with van der Waals surface area (Å²) in [6.07, 6.45) is 6.92. The van der Waals surface area contributed by atoms with Crippen molar-refractivity contribution in [3.63, 3.8) is 0 Å². The molecule has 1 aliphatic carbocycles. The van der Waals surface area contributed by atoms with Gasteiger partial charge in [-0.3, -0.25) is 4.90 Å². The van der Waals surface area contributed by atoms with E-state index >= 15 is 0 Å². The lowest BCUT2D eigenvalue weighted by Gasteiger charge is -2.52. The van der Waals surface area contributed by atoms with Crippen LogP contribution in [-0.2, 0) is 4.74 Å². The van der Waals surface area contributed by atoms with Gasteiger partial charge in [0, 0.05) is 25.2 Å². The molecule has 3 heteroatoms. The van der Waals surface area contributed by atoms with E-state index in [0.29, 0.717) is 6.10 Å². The number of ether oxygens (including phenoxy) is 1. The zero-order chi connectivity index (χ0) is 12.5. The molecule has 3 nitrogen and oxygen atoms in total. The molecule has 1 saturated heterocycles. The highest BCUT2D eigenvalue weighted by Gasteiger charge is 2.42. The van der Waals surface area contributed by atoms with Crippen LogP contribution in [0.4, 0.5) is 0 Å². The fraction of sp³-hybridized carbons (Fsp3) is 1.00. The van der Waals surface area contributed by atoms with Gasteiger partial charge < -0.3 is 10.5 Å². The highest BCUT2D eigenvalue weighted by Crippen LogP contribution is 2.36. The van der Waals surface area contributed by atoms with Crippen molar-refractivity contribution in [1.82, 2.24) is 4.90 Å². The van der Waals surface area contributed by atoms with Gasteiger partial charge in [-0.1, -0.05) is 19.3 Å². The molecule has 100 valence electrons. The van der Waals surface area contributed by atoms with Crippen LogP contribution in [0.25, 0.3) is 0 Å². The molecule has 2 aliphatic rings. The lowest BCUT2D eigenvalue weighted by Crippen LogP contribution is -2.63. The number of rotatable bonds is 2. The van der Waals surface area contributed by atoms with Crippen molar-refractivity contribution in [3.05, 3.63) is 0 Å². The van der Waals surface area contributed by atoms with Crippen molar-refractivity contribution < 1.29 is 4.74 Å². The lowest BCUT2D eigenvalue weighted by molar-refractivity contribution is -0.156. The van der Waals surface area contributed by atoms with E-state index in [1.807, 2.05) is 0 Å². The van der Waals surface area contributed by atoms with Crippen molar-refractivity contribution in [2.75, 3.05) is 19.6 Å². The minimum absolute atomic E-state index is 0.0305. The fourth-order valence-electron chi connectivity index (χ4n) is 3.67. The summed E-state index contributed by atoms with van der Waals surface area (Å²) in [7, 11) is 0. The number of hydrogen-bond acceptors (Lipinski definition) is 3. The number of hydrogen-bond donors (Lipinski definition) is 1. The van der Waals surface area contributed by atoms with Crippen LogP contribution < -0.4 is 5.73 Å². The Balaban J connectivity index is 2.13. The summed E-state index contributed by atoms with van der Waals surface area (Å²) in [5, 5.41) is 0. The zero-order valence-electron chi connectivity index (χ0n) is 11.7. The van der Waals surface area contributed by atoms with Gasteiger partial charge in [-0.25, -0.2) is 0 Å².